The minimum atomic E-state index is -0.0518. The number of benzene rings is 9. The Kier molecular flexibility index (Phi) is 4.88. The molecule has 10 rings (SSSR count). The molecule has 0 radical (unpaired) electrons. The summed E-state index contributed by atoms with van der Waals surface area (Å²) >= 11 is 0. The van der Waals surface area contributed by atoms with E-state index in [4.69, 9.17) is 0 Å². The molecule has 0 saturated heterocycles. The minimum absolute atomic E-state index is 0.0518. The van der Waals surface area contributed by atoms with Gasteiger partial charge in [0.1, 0.15) is 0 Å². The van der Waals surface area contributed by atoms with Gasteiger partial charge in [0.05, 0.1) is 0 Å². The third-order valence-corrected chi connectivity index (χ3v) is 10.6. The molecule has 0 atom stereocenters. The third kappa shape index (κ3) is 3.43. The molecule has 0 nitrogen and oxygen atoms in total. The Morgan fingerprint density at radius 1 is 0.333 bits per heavy atom. The summed E-state index contributed by atoms with van der Waals surface area (Å²) < 4.78 is 0. The van der Waals surface area contributed by atoms with E-state index in [-0.39, 0.29) is 5.41 Å². The summed E-state index contributed by atoms with van der Waals surface area (Å²) in [4.78, 5) is 0. The summed E-state index contributed by atoms with van der Waals surface area (Å²) in [7, 11) is 0. The Labute approximate surface area is 262 Å². The van der Waals surface area contributed by atoms with Crippen LogP contribution in [-0.4, -0.2) is 0 Å². The van der Waals surface area contributed by atoms with E-state index in [1.165, 1.54) is 98.4 Å². The van der Waals surface area contributed by atoms with Crippen LogP contribution < -0.4 is 0 Å². The molecular formula is C45H30. The van der Waals surface area contributed by atoms with Crippen molar-refractivity contribution in [3.8, 4) is 33.4 Å². The van der Waals surface area contributed by atoms with Crippen molar-refractivity contribution in [2.45, 2.75) is 19.3 Å². The lowest BCUT2D eigenvalue weighted by Crippen LogP contribution is -2.15. The monoisotopic (exact) mass is 570 g/mol. The van der Waals surface area contributed by atoms with Gasteiger partial charge in [0, 0.05) is 5.41 Å². The molecule has 0 saturated carbocycles. The molecule has 9 aromatic rings. The van der Waals surface area contributed by atoms with Gasteiger partial charge in [-0.25, -0.2) is 0 Å². The number of hydrogen-bond donors (Lipinski definition) is 0. The van der Waals surface area contributed by atoms with Gasteiger partial charge in [0.15, 0.2) is 0 Å². The van der Waals surface area contributed by atoms with E-state index in [0.717, 1.165) is 0 Å². The van der Waals surface area contributed by atoms with E-state index in [0.29, 0.717) is 0 Å². The molecule has 0 N–H and O–H groups in total. The van der Waals surface area contributed by atoms with Gasteiger partial charge in [-0.1, -0.05) is 135 Å². The van der Waals surface area contributed by atoms with Crippen LogP contribution in [0.15, 0.2) is 146 Å². The molecule has 210 valence electrons. The topological polar surface area (TPSA) is 0 Å². The molecule has 0 heteroatoms. The van der Waals surface area contributed by atoms with Crippen molar-refractivity contribution < 1.29 is 0 Å². The SMILES string of the molecule is CC1(C)c2cc(-c3ccc4c(-c5ccc6ccc7cccc8ccc5c6c78)cccc4c3)ccc2-c2cc3ccccc3cc21. The third-order valence-electron chi connectivity index (χ3n) is 10.6. The quantitative estimate of drug-likeness (QED) is 0.181. The van der Waals surface area contributed by atoms with E-state index in [1.807, 2.05) is 0 Å². The summed E-state index contributed by atoms with van der Waals surface area (Å²) in [6.07, 6.45) is 0. The molecule has 0 spiro atoms. The molecule has 1 aliphatic carbocycles. The van der Waals surface area contributed by atoms with Crippen molar-refractivity contribution >= 4 is 53.9 Å². The first-order chi connectivity index (χ1) is 22.0. The normalized spacial score (nSPS) is 13.7. The first-order valence-corrected chi connectivity index (χ1v) is 15.9. The number of fused-ring (bicyclic) bond motifs is 5. The highest BCUT2D eigenvalue weighted by atomic mass is 14.4. The predicted octanol–water partition coefficient (Wildman–Crippen LogP) is 12.5. The smallest absolute Gasteiger partial charge is 0.0159 e. The maximum Gasteiger partial charge on any atom is 0.0159 e. The highest BCUT2D eigenvalue weighted by molar-refractivity contribution is 6.26. The Morgan fingerprint density at radius 3 is 1.73 bits per heavy atom. The second-order valence-electron chi connectivity index (χ2n) is 13.3. The second kappa shape index (κ2) is 8.80. The Hall–Kier alpha value is -5.46. The first kappa shape index (κ1) is 24.9. The molecule has 9 aromatic carbocycles. The van der Waals surface area contributed by atoms with Crippen LogP contribution in [0.25, 0.3) is 87.2 Å². The number of rotatable bonds is 2. The van der Waals surface area contributed by atoms with Crippen molar-refractivity contribution in [2.75, 3.05) is 0 Å². The van der Waals surface area contributed by atoms with E-state index < -0.39 is 0 Å². The largest absolute Gasteiger partial charge is 0.0616 e. The average Bonchev–Trinajstić information content (AvgIpc) is 3.30. The van der Waals surface area contributed by atoms with Crippen molar-refractivity contribution in [3.63, 3.8) is 0 Å². The molecule has 0 fully saturated rings. The Balaban J connectivity index is 1.11. The van der Waals surface area contributed by atoms with Gasteiger partial charge in [-0.2, -0.15) is 0 Å². The maximum absolute atomic E-state index is 2.44. The summed E-state index contributed by atoms with van der Waals surface area (Å²) in [5.74, 6) is 0. The molecule has 0 aliphatic heterocycles. The molecule has 0 heterocycles. The second-order valence-corrected chi connectivity index (χ2v) is 13.3. The van der Waals surface area contributed by atoms with Gasteiger partial charge >= 0.3 is 0 Å². The van der Waals surface area contributed by atoms with E-state index >= 15 is 0 Å². The van der Waals surface area contributed by atoms with Crippen molar-refractivity contribution in [1.82, 2.24) is 0 Å². The highest BCUT2D eigenvalue weighted by Gasteiger charge is 2.35. The molecule has 1 aliphatic rings. The molecule has 0 aromatic heterocycles. The Bertz CT molecular complexity index is 2650. The Morgan fingerprint density at radius 2 is 0.889 bits per heavy atom. The van der Waals surface area contributed by atoms with Gasteiger partial charge in [0.25, 0.3) is 0 Å². The molecule has 0 bridgehead atoms. The summed E-state index contributed by atoms with van der Waals surface area (Å²) in [6, 6.07) is 54.7. The first-order valence-electron chi connectivity index (χ1n) is 15.9. The number of hydrogen-bond acceptors (Lipinski definition) is 0. The van der Waals surface area contributed by atoms with Gasteiger partial charge in [0.2, 0.25) is 0 Å². The fourth-order valence-electron chi connectivity index (χ4n) is 8.27. The van der Waals surface area contributed by atoms with E-state index in [1.54, 1.807) is 0 Å². The summed E-state index contributed by atoms with van der Waals surface area (Å²) in [5.41, 5.74) is 10.6. The predicted molar refractivity (Wildman–Crippen MR) is 194 cm³/mol. The van der Waals surface area contributed by atoms with Crippen LogP contribution in [0.2, 0.25) is 0 Å². The fourth-order valence-corrected chi connectivity index (χ4v) is 8.27. The van der Waals surface area contributed by atoms with Gasteiger partial charge in [-0.05, 0) is 123 Å². The average molecular weight is 571 g/mol. The molecule has 0 amide bonds. The van der Waals surface area contributed by atoms with Crippen molar-refractivity contribution in [3.05, 3.63) is 157 Å². The zero-order valence-electron chi connectivity index (χ0n) is 25.4. The zero-order valence-corrected chi connectivity index (χ0v) is 25.4. The fraction of sp³-hybridized carbons (Fsp3) is 0.0667. The lowest BCUT2D eigenvalue weighted by atomic mass is 9.81. The van der Waals surface area contributed by atoms with Gasteiger partial charge in [-0.3, -0.25) is 0 Å². The van der Waals surface area contributed by atoms with Crippen LogP contribution in [0.4, 0.5) is 0 Å². The van der Waals surface area contributed by atoms with E-state index in [2.05, 4.69) is 159 Å². The van der Waals surface area contributed by atoms with Crippen LogP contribution in [0.3, 0.4) is 0 Å². The van der Waals surface area contributed by atoms with Crippen LogP contribution >= 0.6 is 0 Å². The highest BCUT2D eigenvalue weighted by Crippen LogP contribution is 2.51. The lowest BCUT2D eigenvalue weighted by molar-refractivity contribution is 0.661. The van der Waals surface area contributed by atoms with Crippen LogP contribution in [0.1, 0.15) is 25.0 Å². The minimum Gasteiger partial charge on any atom is -0.0616 e. The zero-order chi connectivity index (χ0) is 29.9. The van der Waals surface area contributed by atoms with Crippen molar-refractivity contribution in [2.24, 2.45) is 0 Å². The van der Waals surface area contributed by atoms with Crippen LogP contribution in [0, 0.1) is 0 Å². The van der Waals surface area contributed by atoms with Crippen LogP contribution in [-0.2, 0) is 5.41 Å². The lowest BCUT2D eigenvalue weighted by Gasteiger charge is -2.22. The standard InChI is InChI=1S/C45H30/c1-45(2)41-26-33(18-21-38(41)40-24-30-7-3-4-8-31(30)25-42(40)45)32-17-19-35-34(23-32)11-6-12-36(35)37-20-15-29-14-13-27-9-5-10-28-16-22-39(37)44(29)43(27)28/h3-26H,1-2H3. The summed E-state index contributed by atoms with van der Waals surface area (Å²) in [5, 5.41) is 13.1. The molecular weight excluding hydrogens is 540 g/mol. The van der Waals surface area contributed by atoms with Crippen molar-refractivity contribution in [1.29, 1.82) is 0 Å². The summed E-state index contributed by atoms with van der Waals surface area (Å²) in [6.45, 7) is 4.75. The maximum atomic E-state index is 2.44. The van der Waals surface area contributed by atoms with Gasteiger partial charge < -0.3 is 0 Å². The van der Waals surface area contributed by atoms with E-state index in [9.17, 15) is 0 Å². The molecule has 0 unspecified atom stereocenters. The van der Waals surface area contributed by atoms with Gasteiger partial charge in [-0.15, -0.1) is 0 Å². The van der Waals surface area contributed by atoms with Crippen LogP contribution in [0.5, 0.6) is 0 Å². The molecule has 45 heavy (non-hydrogen) atoms.